The quantitative estimate of drug-likeness (QED) is 0.819. The summed E-state index contributed by atoms with van der Waals surface area (Å²) in [5.74, 6) is 3.18. The average molecular weight is 263 g/mol. The molecule has 1 atom stereocenters. The summed E-state index contributed by atoms with van der Waals surface area (Å²) in [7, 11) is 0. The van der Waals surface area contributed by atoms with Crippen LogP contribution < -0.4 is 5.32 Å². The zero-order chi connectivity index (χ0) is 12.7. The molecule has 0 bridgehead atoms. The summed E-state index contributed by atoms with van der Waals surface area (Å²) in [5, 5.41) is 3.94. The van der Waals surface area contributed by atoms with Gasteiger partial charge in [-0.1, -0.05) is 12.8 Å². The summed E-state index contributed by atoms with van der Waals surface area (Å²) in [6.45, 7) is 2.30. The van der Waals surface area contributed by atoms with Gasteiger partial charge in [0.05, 0.1) is 5.60 Å². The Morgan fingerprint density at radius 3 is 2.32 bits per heavy atom. The lowest BCUT2D eigenvalue weighted by Crippen LogP contribution is -2.47. The average Bonchev–Trinajstić information content (AvgIpc) is 3.32. The summed E-state index contributed by atoms with van der Waals surface area (Å²) in [6.07, 6.45) is 14.0. The van der Waals surface area contributed by atoms with Crippen molar-refractivity contribution in [3.63, 3.8) is 0 Å². The molecule has 1 aliphatic heterocycles. The van der Waals surface area contributed by atoms with Crippen molar-refractivity contribution in [1.29, 1.82) is 0 Å². The normalized spacial score (nSPS) is 34.3. The minimum atomic E-state index is 0.282. The van der Waals surface area contributed by atoms with Gasteiger partial charge in [-0.3, -0.25) is 0 Å². The van der Waals surface area contributed by atoms with Crippen LogP contribution in [0.3, 0.4) is 0 Å². The third-order valence-electron chi connectivity index (χ3n) is 6.10. The molecule has 4 fully saturated rings. The highest BCUT2D eigenvalue weighted by Gasteiger charge is 2.43. The molecule has 3 saturated carbocycles. The third-order valence-corrected chi connectivity index (χ3v) is 6.10. The predicted molar refractivity (Wildman–Crippen MR) is 77.1 cm³/mol. The molecule has 0 radical (unpaired) electrons. The van der Waals surface area contributed by atoms with E-state index in [4.69, 9.17) is 4.74 Å². The topological polar surface area (TPSA) is 21.3 Å². The van der Waals surface area contributed by atoms with E-state index in [2.05, 4.69) is 5.32 Å². The van der Waals surface area contributed by atoms with Crippen LogP contribution in [-0.2, 0) is 4.74 Å². The lowest BCUT2D eigenvalue weighted by atomic mass is 9.88. The molecule has 0 aromatic heterocycles. The molecule has 1 heterocycles. The van der Waals surface area contributed by atoms with Crippen LogP contribution in [0.4, 0.5) is 0 Å². The Kier molecular flexibility index (Phi) is 3.35. The van der Waals surface area contributed by atoms with Gasteiger partial charge < -0.3 is 10.1 Å². The van der Waals surface area contributed by atoms with E-state index < -0.39 is 0 Å². The van der Waals surface area contributed by atoms with E-state index in [0.717, 1.165) is 30.4 Å². The second kappa shape index (κ2) is 5.04. The van der Waals surface area contributed by atoms with Crippen molar-refractivity contribution < 1.29 is 4.74 Å². The Bertz CT molecular complexity index is 303. The fraction of sp³-hybridized carbons (Fsp3) is 1.00. The number of rotatable bonds is 5. The zero-order valence-electron chi connectivity index (χ0n) is 12.2. The van der Waals surface area contributed by atoms with Gasteiger partial charge in [0.15, 0.2) is 0 Å². The van der Waals surface area contributed by atoms with E-state index in [1.807, 2.05) is 0 Å². The molecule has 0 amide bonds. The summed E-state index contributed by atoms with van der Waals surface area (Å²) < 4.78 is 6.14. The van der Waals surface area contributed by atoms with Crippen molar-refractivity contribution in [2.75, 3.05) is 13.2 Å². The molecule has 108 valence electrons. The van der Waals surface area contributed by atoms with Gasteiger partial charge in [0, 0.05) is 12.6 Å². The molecule has 2 heteroatoms. The Morgan fingerprint density at radius 2 is 1.68 bits per heavy atom. The highest BCUT2D eigenvalue weighted by Crippen LogP contribution is 2.49. The van der Waals surface area contributed by atoms with E-state index in [0.29, 0.717) is 0 Å². The second-order valence-electron chi connectivity index (χ2n) is 7.68. The molecule has 19 heavy (non-hydrogen) atoms. The van der Waals surface area contributed by atoms with Gasteiger partial charge in [-0.05, 0) is 75.7 Å². The van der Waals surface area contributed by atoms with Gasteiger partial charge in [0.1, 0.15) is 0 Å². The van der Waals surface area contributed by atoms with E-state index in [1.165, 1.54) is 70.8 Å². The standard InChI is InChI=1S/C17H29NO/c1-2-9-17(8-1)11-15(7-10-19-17)18-12-16(13-3-4-13)14-5-6-14/h13-16,18H,1-12H2. The summed E-state index contributed by atoms with van der Waals surface area (Å²) >= 11 is 0. The van der Waals surface area contributed by atoms with Crippen molar-refractivity contribution in [3.8, 4) is 0 Å². The lowest BCUT2D eigenvalue weighted by molar-refractivity contribution is -0.0840. The van der Waals surface area contributed by atoms with Crippen molar-refractivity contribution in [3.05, 3.63) is 0 Å². The molecular formula is C17H29NO. The molecule has 4 rings (SSSR count). The van der Waals surface area contributed by atoms with Gasteiger partial charge in [0.2, 0.25) is 0 Å². The molecule has 1 N–H and O–H groups in total. The highest BCUT2D eigenvalue weighted by molar-refractivity contribution is 4.96. The zero-order valence-corrected chi connectivity index (χ0v) is 12.2. The van der Waals surface area contributed by atoms with Crippen LogP contribution in [0, 0.1) is 17.8 Å². The fourth-order valence-electron chi connectivity index (χ4n) is 4.64. The van der Waals surface area contributed by atoms with Crippen LogP contribution in [0.1, 0.15) is 64.2 Å². The monoisotopic (exact) mass is 263 g/mol. The van der Waals surface area contributed by atoms with Crippen molar-refractivity contribution in [1.82, 2.24) is 5.32 Å². The molecule has 4 aliphatic rings. The van der Waals surface area contributed by atoms with Gasteiger partial charge in [-0.25, -0.2) is 0 Å². The summed E-state index contributed by atoms with van der Waals surface area (Å²) in [6, 6.07) is 0.742. The van der Waals surface area contributed by atoms with E-state index in [9.17, 15) is 0 Å². The van der Waals surface area contributed by atoms with E-state index in [1.54, 1.807) is 0 Å². The number of ether oxygens (including phenoxy) is 1. The first-order valence-corrected chi connectivity index (χ1v) is 8.72. The Morgan fingerprint density at radius 1 is 1.00 bits per heavy atom. The SMILES string of the molecule is C1CCC2(C1)CC(NCC(C1CC1)C1CC1)CCO2. The van der Waals surface area contributed by atoms with Crippen LogP contribution in [0.5, 0.6) is 0 Å². The van der Waals surface area contributed by atoms with Gasteiger partial charge >= 0.3 is 0 Å². The van der Waals surface area contributed by atoms with Crippen LogP contribution in [0.2, 0.25) is 0 Å². The predicted octanol–water partition coefficient (Wildman–Crippen LogP) is 3.50. The molecule has 1 spiro atoms. The van der Waals surface area contributed by atoms with Crippen molar-refractivity contribution in [2.45, 2.75) is 75.9 Å². The first-order valence-electron chi connectivity index (χ1n) is 8.72. The summed E-state index contributed by atoms with van der Waals surface area (Å²) in [4.78, 5) is 0. The number of hydrogen-bond acceptors (Lipinski definition) is 2. The molecule has 1 saturated heterocycles. The number of nitrogens with one attached hydrogen (secondary N) is 1. The molecule has 1 unspecified atom stereocenters. The molecule has 3 aliphatic carbocycles. The van der Waals surface area contributed by atoms with E-state index in [-0.39, 0.29) is 5.60 Å². The third kappa shape index (κ3) is 2.85. The first kappa shape index (κ1) is 12.6. The smallest absolute Gasteiger partial charge is 0.0697 e. The Labute approximate surface area is 117 Å². The van der Waals surface area contributed by atoms with Gasteiger partial charge in [0.25, 0.3) is 0 Å². The molecule has 0 aromatic rings. The maximum atomic E-state index is 6.14. The van der Waals surface area contributed by atoms with Crippen molar-refractivity contribution >= 4 is 0 Å². The van der Waals surface area contributed by atoms with Crippen molar-refractivity contribution in [2.24, 2.45) is 17.8 Å². The molecule has 0 aromatic carbocycles. The maximum absolute atomic E-state index is 6.14. The van der Waals surface area contributed by atoms with Crippen LogP contribution in [-0.4, -0.2) is 24.8 Å². The van der Waals surface area contributed by atoms with Gasteiger partial charge in [-0.15, -0.1) is 0 Å². The van der Waals surface area contributed by atoms with Gasteiger partial charge in [-0.2, -0.15) is 0 Å². The van der Waals surface area contributed by atoms with Crippen LogP contribution >= 0.6 is 0 Å². The van der Waals surface area contributed by atoms with Crippen LogP contribution in [0.25, 0.3) is 0 Å². The minimum Gasteiger partial charge on any atom is -0.375 e. The molecular weight excluding hydrogens is 234 g/mol. The fourth-order valence-corrected chi connectivity index (χ4v) is 4.64. The lowest BCUT2D eigenvalue weighted by Gasteiger charge is -2.39. The Hall–Kier alpha value is -0.0800. The Balaban J connectivity index is 1.29. The largest absolute Gasteiger partial charge is 0.375 e. The summed E-state index contributed by atoms with van der Waals surface area (Å²) in [5.41, 5.74) is 0.282. The second-order valence-corrected chi connectivity index (χ2v) is 7.68. The van der Waals surface area contributed by atoms with E-state index >= 15 is 0 Å². The maximum Gasteiger partial charge on any atom is 0.0697 e. The van der Waals surface area contributed by atoms with Crippen LogP contribution in [0.15, 0.2) is 0 Å². The number of hydrogen-bond donors (Lipinski definition) is 1. The minimum absolute atomic E-state index is 0.282. The molecule has 2 nitrogen and oxygen atoms in total. The first-order chi connectivity index (χ1) is 9.35. The highest BCUT2D eigenvalue weighted by atomic mass is 16.5.